The van der Waals surface area contributed by atoms with E-state index in [0.29, 0.717) is 43.0 Å². The second-order valence-corrected chi connectivity index (χ2v) is 8.00. The number of carbonyl (C=O) groups excluding carboxylic acids is 1. The molecule has 2 aliphatic rings. The lowest BCUT2D eigenvalue weighted by molar-refractivity contribution is 0.0730. The summed E-state index contributed by atoms with van der Waals surface area (Å²) in [5.74, 6) is -4.01. The van der Waals surface area contributed by atoms with Gasteiger partial charge in [0.2, 0.25) is 0 Å². The molecule has 0 radical (unpaired) electrons. The Morgan fingerprint density at radius 3 is 2.65 bits per heavy atom. The molecular formula is C23H21F3N4O. The van der Waals surface area contributed by atoms with Gasteiger partial charge in [0.15, 0.2) is 17.5 Å². The van der Waals surface area contributed by atoms with E-state index in [1.165, 1.54) is 5.56 Å². The molecule has 31 heavy (non-hydrogen) atoms. The Kier molecular flexibility index (Phi) is 4.81. The molecule has 3 heterocycles. The van der Waals surface area contributed by atoms with Crippen LogP contribution in [0, 0.1) is 17.5 Å². The second kappa shape index (κ2) is 7.53. The third kappa shape index (κ3) is 3.31. The summed E-state index contributed by atoms with van der Waals surface area (Å²) in [5, 5.41) is 7.82. The summed E-state index contributed by atoms with van der Waals surface area (Å²) in [4.78, 5) is 15.1. The van der Waals surface area contributed by atoms with Gasteiger partial charge in [-0.05, 0) is 48.7 Å². The summed E-state index contributed by atoms with van der Waals surface area (Å²) >= 11 is 0. The number of aryl methyl sites for hydroxylation is 1. The lowest BCUT2D eigenvalue weighted by Gasteiger charge is -2.29. The average Bonchev–Trinajstić information content (AvgIpc) is 3.11. The van der Waals surface area contributed by atoms with Crippen molar-refractivity contribution in [1.82, 2.24) is 20.0 Å². The zero-order chi connectivity index (χ0) is 21.7. The molecular weight excluding hydrogens is 405 g/mol. The molecule has 5 nitrogen and oxygen atoms in total. The Morgan fingerprint density at radius 2 is 1.87 bits per heavy atom. The van der Waals surface area contributed by atoms with E-state index >= 15 is 0 Å². The first kappa shape index (κ1) is 19.8. The lowest BCUT2D eigenvalue weighted by Crippen LogP contribution is -2.37. The SMILES string of the molecule is Cn1nc2c(c1-c1cc(F)c(F)c(F)c1)CCN(C(=O)c1cccc3c1CNCC3)C2. The van der Waals surface area contributed by atoms with Gasteiger partial charge in [-0.3, -0.25) is 9.48 Å². The predicted octanol–water partition coefficient (Wildman–Crippen LogP) is 3.35. The Morgan fingerprint density at radius 1 is 1.10 bits per heavy atom. The van der Waals surface area contributed by atoms with E-state index in [1.54, 1.807) is 16.6 Å². The van der Waals surface area contributed by atoms with Crippen LogP contribution in [0.25, 0.3) is 11.3 Å². The first-order chi connectivity index (χ1) is 14.9. The number of nitrogens with one attached hydrogen (secondary N) is 1. The molecule has 0 aliphatic carbocycles. The van der Waals surface area contributed by atoms with Gasteiger partial charge in [0.25, 0.3) is 5.91 Å². The van der Waals surface area contributed by atoms with Crippen LogP contribution in [0.3, 0.4) is 0 Å². The van der Waals surface area contributed by atoms with Crippen molar-refractivity contribution in [1.29, 1.82) is 0 Å². The van der Waals surface area contributed by atoms with Crippen molar-refractivity contribution in [2.24, 2.45) is 7.05 Å². The van der Waals surface area contributed by atoms with Crippen LogP contribution in [0.2, 0.25) is 0 Å². The molecule has 2 aromatic carbocycles. The monoisotopic (exact) mass is 426 g/mol. The predicted molar refractivity (Wildman–Crippen MR) is 109 cm³/mol. The third-order valence-corrected chi connectivity index (χ3v) is 6.12. The highest BCUT2D eigenvalue weighted by Gasteiger charge is 2.29. The highest BCUT2D eigenvalue weighted by Crippen LogP contribution is 2.32. The number of benzene rings is 2. The van der Waals surface area contributed by atoms with Crippen molar-refractivity contribution >= 4 is 5.91 Å². The molecule has 0 fully saturated rings. The zero-order valence-corrected chi connectivity index (χ0v) is 17.0. The molecule has 1 amide bonds. The number of rotatable bonds is 2. The van der Waals surface area contributed by atoms with Crippen LogP contribution in [0.15, 0.2) is 30.3 Å². The molecule has 2 aliphatic heterocycles. The molecule has 160 valence electrons. The molecule has 1 N–H and O–H groups in total. The van der Waals surface area contributed by atoms with Crippen molar-refractivity contribution < 1.29 is 18.0 Å². The van der Waals surface area contributed by atoms with Crippen molar-refractivity contribution in [2.45, 2.75) is 25.9 Å². The molecule has 5 rings (SSSR count). The van der Waals surface area contributed by atoms with E-state index in [-0.39, 0.29) is 11.5 Å². The summed E-state index contributed by atoms with van der Waals surface area (Å²) in [7, 11) is 1.68. The van der Waals surface area contributed by atoms with E-state index in [9.17, 15) is 18.0 Å². The summed E-state index contributed by atoms with van der Waals surface area (Å²) in [6.07, 6.45) is 1.40. The maximum atomic E-state index is 13.8. The minimum atomic E-state index is -1.49. The van der Waals surface area contributed by atoms with Crippen LogP contribution in [-0.4, -0.2) is 33.7 Å². The minimum absolute atomic E-state index is 0.0442. The Labute approximate surface area is 177 Å². The third-order valence-electron chi connectivity index (χ3n) is 6.12. The van der Waals surface area contributed by atoms with E-state index in [4.69, 9.17) is 0 Å². The number of hydrogen-bond donors (Lipinski definition) is 1. The molecule has 0 unspecified atom stereocenters. The average molecular weight is 426 g/mol. The van der Waals surface area contributed by atoms with Gasteiger partial charge in [-0.15, -0.1) is 0 Å². The van der Waals surface area contributed by atoms with Gasteiger partial charge in [-0.2, -0.15) is 5.10 Å². The van der Waals surface area contributed by atoms with Crippen LogP contribution in [0.1, 0.15) is 32.7 Å². The van der Waals surface area contributed by atoms with Crippen molar-refractivity contribution in [3.63, 3.8) is 0 Å². The first-order valence-electron chi connectivity index (χ1n) is 10.2. The Hall–Kier alpha value is -3.13. The number of halogens is 3. The van der Waals surface area contributed by atoms with Crippen LogP contribution in [0.4, 0.5) is 13.2 Å². The fourth-order valence-electron chi connectivity index (χ4n) is 4.63. The van der Waals surface area contributed by atoms with Gasteiger partial charge in [0.05, 0.1) is 17.9 Å². The number of hydrogen-bond acceptors (Lipinski definition) is 3. The number of nitrogens with zero attached hydrogens (tertiary/aromatic N) is 3. The largest absolute Gasteiger partial charge is 0.332 e. The summed E-state index contributed by atoms with van der Waals surface area (Å²) < 4.78 is 42.5. The normalized spacial score (nSPS) is 15.5. The highest BCUT2D eigenvalue weighted by atomic mass is 19.2. The second-order valence-electron chi connectivity index (χ2n) is 8.00. The van der Waals surface area contributed by atoms with Gasteiger partial charge in [-0.25, -0.2) is 13.2 Å². The van der Waals surface area contributed by atoms with Crippen molar-refractivity contribution in [3.8, 4) is 11.3 Å². The Balaban J connectivity index is 1.46. The Bertz CT molecular complexity index is 1180. The van der Waals surface area contributed by atoms with Crippen LogP contribution < -0.4 is 5.32 Å². The molecule has 0 spiro atoms. The van der Waals surface area contributed by atoms with E-state index < -0.39 is 17.5 Å². The highest BCUT2D eigenvalue weighted by molar-refractivity contribution is 5.96. The molecule has 0 atom stereocenters. The number of amides is 1. The molecule has 0 saturated carbocycles. The quantitative estimate of drug-likeness (QED) is 0.640. The molecule has 3 aromatic rings. The minimum Gasteiger partial charge on any atom is -0.332 e. The standard InChI is InChI=1S/C23H21F3N4O/c1-29-22(14-9-18(24)21(26)19(25)10-14)16-6-8-30(12-20(16)28-29)23(31)15-4-2-3-13-5-7-27-11-17(13)15/h2-4,9-10,27H,5-8,11-12H2,1H3. The van der Waals surface area contributed by atoms with Gasteiger partial charge < -0.3 is 10.2 Å². The summed E-state index contributed by atoms with van der Waals surface area (Å²) in [5.41, 5.74) is 5.23. The molecule has 0 bridgehead atoms. The lowest BCUT2D eigenvalue weighted by atomic mass is 9.94. The van der Waals surface area contributed by atoms with E-state index in [0.717, 1.165) is 36.2 Å². The molecule has 1 aromatic heterocycles. The van der Waals surface area contributed by atoms with Gasteiger partial charge in [-0.1, -0.05) is 12.1 Å². The number of aromatic nitrogens is 2. The van der Waals surface area contributed by atoms with Crippen LogP contribution >= 0.6 is 0 Å². The van der Waals surface area contributed by atoms with Crippen LogP contribution in [0.5, 0.6) is 0 Å². The molecule has 0 saturated heterocycles. The van der Waals surface area contributed by atoms with E-state index in [1.807, 2.05) is 12.1 Å². The zero-order valence-electron chi connectivity index (χ0n) is 17.0. The summed E-state index contributed by atoms with van der Waals surface area (Å²) in [6.45, 7) is 2.35. The molecule has 8 heteroatoms. The summed E-state index contributed by atoms with van der Waals surface area (Å²) in [6, 6.07) is 7.81. The number of fused-ring (bicyclic) bond motifs is 2. The van der Waals surface area contributed by atoms with E-state index in [2.05, 4.69) is 16.5 Å². The van der Waals surface area contributed by atoms with Crippen LogP contribution in [-0.2, 0) is 33.0 Å². The maximum Gasteiger partial charge on any atom is 0.254 e. The fourth-order valence-corrected chi connectivity index (χ4v) is 4.63. The van der Waals surface area contributed by atoms with Gasteiger partial charge in [0, 0.05) is 36.8 Å². The van der Waals surface area contributed by atoms with Gasteiger partial charge in [0.1, 0.15) is 0 Å². The fraction of sp³-hybridized carbons (Fsp3) is 0.304. The first-order valence-corrected chi connectivity index (χ1v) is 10.2. The number of carbonyl (C=O) groups is 1. The van der Waals surface area contributed by atoms with Crippen molar-refractivity contribution in [2.75, 3.05) is 13.1 Å². The topological polar surface area (TPSA) is 50.2 Å². The smallest absolute Gasteiger partial charge is 0.254 e. The maximum absolute atomic E-state index is 13.8. The van der Waals surface area contributed by atoms with Gasteiger partial charge >= 0.3 is 0 Å². The van der Waals surface area contributed by atoms with Crippen molar-refractivity contribution in [3.05, 3.63) is 75.7 Å².